The van der Waals surface area contributed by atoms with Crippen molar-refractivity contribution in [1.29, 1.82) is 0 Å². The first kappa shape index (κ1) is 20.9. The zero-order chi connectivity index (χ0) is 19.9. The molecule has 0 heterocycles. The van der Waals surface area contributed by atoms with Crippen molar-refractivity contribution in [3.05, 3.63) is 59.7 Å². The second-order valence-electron chi connectivity index (χ2n) is 6.31. The smallest absolute Gasteiger partial charge is 0.264 e. The normalized spacial score (nSPS) is 11.2. The van der Waals surface area contributed by atoms with Gasteiger partial charge in [0, 0.05) is 20.3 Å². The SMILES string of the molecule is COCCCNC(=O)CN(c1ccc(C)cc1C)S(=O)(=O)c1ccccc1. The summed E-state index contributed by atoms with van der Waals surface area (Å²) in [5.41, 5.74) is 2.32. The van der Waals surface area contributed by atoms with Crippen LogP contribution in [0.4, 0.5) is 5.69 Å². The Morgan fingerprint density at radius 2 is 1.81 bits per heavy atom. The van der Waals surface area contributed by atoms with E-state index in [1.807, 2.05) is 26.0 Å². The van der Waals surface area contributed by atoms with Crippen molar-refractivity contribution < 1.29 is 17.9 Å². The van der Waals surface area contributed by atoms with Gasteiger partial charge in [-0.05, 0) is 44.0 Å². The van der Waals surface area contributed by atoms with E-state index < -0.39 is 10.0 Å². The molecule has 1 N–H and O–H groups in total. The second kappa shape index (κ2) is 9.53. The molecule has 7 heteroatoms. The summed E-state index contributed by atoms with van der Waals surface area (Å²) >= 11 is 0. The number of carbonyl (C=O) groups excluding carboxylic acids is 1. The van der Waals surface area contributed by atoms with E-state index >= 15 is 0 Å². The van der Waals surface area contributed by atoms with Crippen molar-refractivity contribution in [3.63, 3.8) is 0 Å². The number of methoxy groups -OCH3 is 1. The van der Waals surface area contributed by atoms with Gasteiger partial charge in [-0.3, -0.25) is 9.10 Å². The van der Waals surface area contributed by atoms with Gasteiger partial charge < -0.3 is 10.1 Å². The summed E-state index contributed by atoms with van der Waals surface area (Å²) in [5.74, 6) is -0.356. The Morgan fingerprint density at radius 3 is 2.44 bits per heavy atom. The summed E-state index contributed by atoms with van der Waals surface area (Å²) in [6.07, 6.45) is 0.664. The first-order chi connectivity index (χ1) is 12.9. The van der Waals surface area contributed by atoms with E-state index in [9.17, 15) is 13.2 Å². The van der Waals surface area contributed by atoms with Gasteiger partial charge in [-0.25, -0.2) is 8.42 Å². The number of anilines is 1. The van der Waals surface area contributed by atoms with E-state index in [2.05, 4.69) is 5.32 Å². The summed E-state index contributed by atoms with van der Waals surface area (Å²) in [7, 11) is -2.28. The Balaban J connectivity index is 2.33. The van der Waals surface area contributed by atoms with Gasteiger partial charge in [0.15, 0.2) is 0 Å². The van der Waals surface area contributed by atoms with Crippen LogP contribution in [0.5, 0.6) is 0 Å². The number of rotatable bonds is 9. The molecule has 2 aromatic carbocycles. The van der Waals surface area contributed by atoms with Crippen LogP contribution in [0, 0.1) is 13.8 Å². The summed E-state index contributed by atoms with van der Waals surface area (Å²) in [5, 5.41) is 2.75. The minimum atomic E-state index is -3.87. The van der Waals surface area contributed by atoms with Crippen molar-refractivity contribution in [3.8, 4) is 0 Å². The van der Waals surface area contributed by atoms with Gasteiger partial charge in [0.2, 0.25) is 5.91 Å². The van der Waals surface area contributed by atoms with E-state index in [0.29, 0.717) is 25.3 Å². The van der Waals surface area contributed by atoms with Gasteiger partial charge >= 0.3 is 0 Å². The Kier molecular flexibility index (Phi) is 7.38. The lowest BCUT2D eigenvalue weighted by atomic mass is 10.1. The minimum Gasteiger partial charge on any atom is -0.385 e. The Labute approximate surface area is 161 Å². The Bertz CT molecular complexity index is 867. The number of hydrogen-bond acceptors (Lipinski definition) is 4. The van der Waals surface area contributed by atoms with E-state index in [1.165, 1.54) is 16.4 Å². The molecule has 1 amide bonds. The van der Waals surface area contributed by atoms with Gasteiger partial charge in [-0.2, -0.15) is 0 Å². The molecule has 0 fully saturated rings. The van der Waals surface area contributed by atoms with Crippen LogP contribution in [-0.2, 0) is 19.6 Å². The molecule has 2 aromatic rings. The van der Waals surface area contributed by atoms with Crippen LogP contribution >= 0.6 is 0 Å². The number of nitrogens with zero attached hydrogens (tertiary/aromatic N) is 1. The Morgan fingerprint density at radius 1 is 1.11 bits per heavy atom. The van der Waals surface area contributed by atoms with Gasteiger partial charge in [0.1, 0.15) is 6.54 Å². The van der Waals surface area contributed by atoms with Crippen molar-refractivity contribution >= 4 is 21.6 Å². The lowest BCUT2D eigenvalue weighted by molar-refractivity contribution is -0.119. The highest BCUT2D eigenvalue weighted by Crippen LogP contribution is 2.27. The number of benzene rings is 2. The predicted octanol–water partition coefficient (Wildman–Crippen LogP) is 2.65. The van der Waals surface area contributed by atoms with Crippen LogP contribution in [0.3, 0.4) is 0 Å². The molecule has 6 nitrogen and oxygen atoms in total. The first-order valence-corrected chi connectivity index (χ1v) is 10.2. The summed E-state index contributed by atoms with van der Waals surface area (Å²) in [6, 6.07) is 13.6. The van der Waals surface area contributed by atoms with Crippen LogP contribution in [0.25, 0.3) is 0 Å². The number of aryl methyl sites for hydroxylation is 2. The number of hydrogen-bond donors (Lipinski definition) is 1. The molecule has 0 aromatic heterocycles. The van der Waals surface area contributed by atoms with Gasteiger partial charge in [-0.15, -0.1) is 0 Å². The molecule has 0 radical (unpaired) electrons. The van der Waals surface area contributed by atoms with Crippen LogP contribution in [0.2, 0.25) is 0 Å². The molecule has 0 atom stereocenters. The molecule has 0 aliphatic carbocycles. The van der Waals surface area contributed by atoms with Crippen LogP contribution in [0.15, 0.2) is 53.4 Å². The van der Waals surface area contributed by atoms with Crippen molar-refractivity contribution in [2.75, 3.05) is 31.1 Å². The lowest BCUT2D eigenvalue weighted by Crippen LogP contribution is -2.41. The van der Waals surface area contributed by atoms with Gasteiger partial charge in [0.05, 0.1) is 10.6 Å². The van der Waals surface area contributed by atoms with E-state index in [-0.39, 0.29) is 17.3 Å². The zero-order valence-electron chi connectivity index (χ0n) is 15.9. The quantitative estimate of drug-likeness (QED) is 0.668. The number of ether oxygens (including phenoxy) is 1. The molecule has 2 rings (SSSR count). The molecule has 0 saturated heterocycles. The maximum absolute atomic E-state index is 13.2. The second-order valence-corrected chi connectivity index (χ2v) is 8.17. The predicted molar refractivity (Wildman–Crippen MR) is 106 cm³/mol. The monoisotopic (exact) mass is 390 g/mol. The molecule has 0 aliphatic heterocycles. The molecule has 0 aliphatic rings. The van der Waals surface area contributed by atoms with Crippen LogP contribution < -0.4 is 9.62 Å². The number of amides is 1. The third kappa shape index (κ3) is 5.55. The largest absolute Gasteiger partial charge is 0.385 e. The molecule has 0 saturated carbocycles. The zero-order valence-corrected chi connectivity index (χ0v) is 16.8. The molecule has 0 bridgehead atoms. The average molecular weight is 391 g/mol. The number of carbonyl (C=O) groups is 1. The highest BCUT2D eigenvalue weighted by Gasteiger charge is 2.28. The molecular weight excluding hydrogens is 364 g/mol. The molecule has 0 spiro atoms. The van der Waals surface area contributed by atoms with Gasteiger partial charge in [-0.1, -0.05) is 35.9 Å². The fraction of sp³-hybridized carbons (Fsp3) is 0.350. The summed E-state index contributed by atoms with van der Waals surface area (Å²) in [6.45, 7) is 4.46. The maximum atomic E-state index is 13.2. The highest BCUT2D eigenvalue weighted by molar-refractivity contribution is 7.92. The third-order valence-corrected chi connectivity index (χ3v) is 5.86. The Hall–Kier alpha value is -2.38. The average Bonchev–Trinajstić information content (AvgIpc) is 2.64. The molecule has 146 valence electrons. The fourth-order valence-electron chi connectivity index (χ4n) is 2.74. The first-order valence-electron chi connectivity index (χ1n) is 8.77. The minimum absolute atomic E-state index is 0.150. The topological polar surface area (TPSA) is 75.7 Å². The van der Waals surface area contributed by atoms with Crippen LogP contribution in [-0.4, -0.2) is 41.1 Å². The summed E-state index contributed by atoms with van der Waals surface area (Å²) in [4.78, 5) is 12.5. The van der Waals surface area contributed by atoms with Crippen molar-refractivity contribution in [1.82, 2.24) is 5.32 Å². The number of sulfonamides is 1. The van der Waals surface area contributed by atoms with E-state index in [1.54, 1.807) is 31.4 Å². The maximum Gasteiger partial charge on any atom is 0.264 e. The van der Waals surface area contributed by atoms with Gasteiger partial charge in [0.25, 0.3) is 10.0 Å². The van der Waals surface area contributed by atoms with E-state index in [4.69, 9.17) is 4.74 Å². The molecular formula is C20H26N2O4S. The van der Waals surface area contributed by atoms with E-state index in [0.717, 1.165) is 11.1 Å². The third-order valence-electron chi connectivity index (χ3n) is 4.09. The molecule has 0 unspecified atom stereocenters. The summed E-state index contributed by atoms with van der Waals surface area (Å²) < 4.78 is 32.5. The highest BCUT2D eigenvalue weighted by atomic mass is 32.2. The number of nitrogens with one attached hydrogen (secondary N) is 1. The van der Waals surface area contributed by atoms with Crippen molar-refractivity contribution in [2.45, 2.75) is 25.2 Å². The lowest BCUT2D eigenvalue weighted by Gasteiger charge is -2.26. The van der Waals surface area contributed by atoms with Crippen molar-refractivity contribution in [2.24, 2.45) is 0 Å². The standard InChI is InChI=1S/C20H26N2O4S/c1-16-10-11-19(17(2)14-16)22(15-20(23)21-12-7-13-26-3)27(24,25)18-8-5-4-6-9-18/h4-6,8-11,14H,7,12-13,15H2,1-3H3,(H,21,23). The molecule has 27 heavy (non-hydrogen) atoms. The fourth-order valence-corrected chi connectivity index (χ4v) is 4.24. The van der Waals surface area contributed by atoms with Crippen LogP contribution in [0.1, 0.15) is 17.5 Å².